The van der Waals surface area contributed by atoms with Crippen LogP contribution in [0.25, 0.3) is 0 Å². The molecule has 1 unspecified atom stereocenters. The van der Waals surface area contributed by atoms with Crippen molar-refractivity contribution < 1.29 is 9.13 Å². The van der Waals surface area contributed by atoms with Gasteiger partial charge in [0, 0.05) is 6.54 Å². The van der Waals surface area contributed by atoms with Gasteiger partial charge in [-0.25, -0.2) is 4.39 Å². The molecule has 0 aliphatic carbocycles. The van der Waals surface area contributed by atoms with Crippen LogP contribution in [0.3, 0.4) is 0 Å². The molecular formula is C18H16FN3O. The smallest absolute Gasteiger partial charge is 0.184 e. The first-order valence-corrected chi connectivity index (χ1v) is 7.25. The van der Waals surface area contributed by atoms with Crippen LogP contribution in [0.2, 0.25) is 0 Å². The Morgan fingerprint density at radius 2 is 2.04 bits per heavy atom. The van der Waals surface area contributed by atoms with Gasteiger partial charge < -0.3 is 10.1 Å². The fourth-order valence-electron chi connectivity index (χ4n) is 2.02. The third kappa shape index (κ3) is 4.46. The van der Waals surface area contributed by atoms with E-state index in [2.05, 4.69) is 11.4 Å². The lowest BCUT2D eigenvalue weighted by Crippen LogP contribution is -2.12. The molecule has 2 aromatic rings. The summed E-state index contributed by atoms with van der Waals surface area (Å²) < 4.78 is 19.4. The molecule has 0 heterocycles. The van der Waals surface area contributed by atoms with E-state index in [4.69, 9.17) is 15.3 Å². The van der Waals surface area contributed by atoms with E-state index in [9.17, 15) is 4.39 Å². The Kier molecular flexibility index (Phi) is 5.55. The standard InChI is InChI=1S/C18H16FN3O/c1-2-15(11-21)23-16-5-3-4-14(8-16)12-22-18-7-6-13(10-20)9-17(18)19/h3-9,15,22H,2,12H2,1H3. The minimum absolute atomic E-state index is 0.283. The van der Waals surface area contributed by atoms with Crippen LogP contribution in [0.5, 0.6) is 5.75 Å². The summed E-state index contributed by atoms with van der Waals surface area (Å²) in [4.78, 5) is 0. The maximum atomic E-state index is 13.8. The highest BCUT2D eigenvalue weighted by Gasteiger charge is 2.07. The lowest BCUT2D eigenvalue weighted by atomic mass is 10.2. The molecule has 0 spiro atoms. The highest BCUT2D eigenvalue weighted by molar-refractivity contribution is 5.49. The summed E-state index contributed by atoms with van der Waals surface area (Å²) in [6.07, 6.45) is 0.129. The quantitative estimate of drug-likeness (QED) is 0.876. The fraction of sp³-hybridized carbons (Fsp3) is 0.222. The van der Waals surface area contributed by atoms with Gasteiger partial charge in [0.1, 0.15) is 17.6 Å². The van der Waals surface area contributed by atoms with Crippen molar-refractivity contribution in [2.24, 2.45) is 0 Å². The number of hydrogen-bond donors (Lipinski definition) is 1. The first-order valence-electron chi connectivity index (χ1n) is 7.25. The van der Waals surface area contributed by atoms with Gasteiger partial charge in [0.05, 0.1) is 17.3 Å². The number of nitrogens with one attached hydrogen (secondary N) is 1. The van der Waals surface area contributed by atoms with E-state index in [0.29, 0.717) is 24.4 Å². The Hall–Kier alpha value is -3.05. The molecule has 4 nitrogen and oxygen atoms in total. The molecule has 0 aliphatic heterocycles. The molecule has 0 amide bonds. The van der Waals surface area contributed by atoms with Crippen LogP contribution in [-0.2, 0) is 6.54 Å². The SMILES string of the molecule is CCC(C#N)Oc1cccc(CNc2ccc(C#N)cc2F)c1. The van der Waals surface area contributed by atoms with Crippen LogP contribution < -0.4 is 10.1 Å². The number of halogens is 1. The van der Waals surface area contributed by atoms with Crippen molar-refractivity contribution in [3.8, 4) is 17.9 Å². The molecule has 116 valence electrons. The second-order valence-electron chi connectivity index (χ2n) is 4.95. The van der Waals surface area contributed by atoms with Crippen molar-refractivity contribution in [2.75, 3.05) is 5.32 Å². The van der Waals surface area contributed by atoms with E-state index in [1.807, 2.05) is 31.2 Å². The Morgan fingerprint density at radius 3 is 2.70 bits per heavy atom. The lowest BCUT2D eigenvalue weighted by molar-refractivity contribution is 0.251. The zero-order valence-corrected chi connectivity index (χ0v) is 12.7. The lowest BCUT2D eigenvalue weighted by Gasteiger charge is -2.12. The molecular weight excluding hydrogens is 293 g/mol. The number of ether oxygens (including phenoxy) is 1. The summed E-state index contributed by atoms with van der Waals surface area (Å²) in [5, 5.41) is 20.6. The van der Waals surface area contributed by atoms with Gasteiger partial charge >= 0.3 is 0 Å². The van der Waals surface area contributed by atoms with E-state index >= 15 is 0 Å². The molecule has 0 saturated carbocycles. The van der Waals surface area contributed by atoms with E-state index in [1.165, 1.54) is 12.1 Å². The van der Waals surface area contributed by atoms with E-state index < -0.39 is 11.9 Å². The minimum Gasteiger partial charge on any atom is -0.476 e. The summed E-state index contributed by atoms with van der Waals surface area (Å²) in [7, 11) is 0. The topological polar surface area (TPSA) is 68.8 Å². The number of anilines is 1. The van der Waals surface area contributed by atoms with Crippen LogP contribution in [0.1, 0.15) is 24.5 Å². The van der Waals surface area contributed by atoms with Gasteiger partial charge in [0.25, 0.3) is 0 Å². The van der Waals surface area contributed by atoms with E-state index in [-0.39, 0.29) is 5.56 Å². The monoisotopic (exact) mass is 309 g/mol. The van der Waals surface area contributed by atoms with Crippen LogP contribution >= 0.6 is 0 Å². The average molecular weight is 309 g/mol. The average Bonchev–Trinajstić information content (AvgIpc) is 2.58. The van der Waals surface area contributed by atoms with Crippen LogP contribution in [0, 0.1) is 28.5 Å². The predicted molar refractivity (Wildman–Crippen MR) is 85.2 cm³/mol. The summed E-state index contributed by atoms with van der Waals surface area (Å²) in [6.45, 7) is 2.29. The molecule has 1 atom stereocenters. The molecule has 0 bridgehead atoms. The molecule has 0 aromatic heterocycles. The van der Waals surface area contributed by atoms with Crippen LogP contribution in [0.15, 0.2) is 42.5 Å². The van der Waals surface area contributed by atoms with Crippen LogP contribution in [-0.4, -0.2) is 6.10 Å². The fourth-order valence-corrected chi connectivity index (χ4v) is 2.02. The second-order valence-corrected chi connectivity index (χ2v) is 4.95. The molecule has 0 radical (unpaired) electrons. The van der Waals surface area contributed by atoms with Crippen molar-refractivity contribution in [3.63, 3.8) is 0 Å². The van der Waals surface area contributed by atoms with Gasteiger partial charge in [-0.1, -0.05) is 19.1 Å². The van der Waals surface area contributed by atoms with Gasteiger partial charge in [0.15, 0.2) is 6.10 Å². The largest absolute Gasteiger partial charge is 0.476 e. The third-order valence-corrected chi connectivity index (χ3v) is 3.27. The van der Waals surface area contributed by atoms with E-state index in [0.717, 1.165) is 5.56 Å². The zero-order chi connectivity index (χ0) is 16.7. The normalized spacial score (nSPS) is 11.1. The highest BCUT2D eigenvalue weighted by Crippen LogP contribution is 2.19. The maximum absolute atomic E-state index is 13.8. The Morgan fingerprint density at radius 1 is 1.22 bits per heavy atom. The predicted octanol–water partition coefficient (Wildman–Crippen LogP) is 3.99. The minimum atomic E-state index is -0.478. The maximum Gasteiger partial charge on any atom is 0.184 e. The summed E-state index contributed by atoms with van der Waals surface area (Å²) in [5.74, 6) is 0.144. The number of benzene rings is 2. The van der Waals surface area contributed by atoms with E-state index in [1.54, 1.807) is 12.1 Å². The molecule has 2 aromatic carbocycles. The molecule has 0 saturated heterocycles. The Labute approximate surface area is 134 Å². The molecule has 2 rings (SSSR count). The first kappa shape index (κ1) is 16.3. The van der Waals surface area contributed by atoms with Crippen molar-refractivity contribution in [3.05, 3.63) is 59.4 Å². The molecule has 0 aliphatic rings. The second kappa shape index (κ2) is 7.82. The molecule has 23 heavy (non-hydrogen) atoms. The number of hydrogen-bond acceptors (Lipinski definition) is 4. The molecule has 0 fully saturated rings. The Bertz CT molecular complexity index is 762. The van der Waals surface area contributed by atoms with Crippen molar-refractivity contribution in [1.82, 2.24) is 0 Å². The highest BCUT2D eigenvalue weighted by atomic mass is 19.1. The zero-order valence-electron chi connectivity index (χ0n) is 12.7. The number of rotatable bonds is 6. The van der Waals surface area contributed by atoms with Gasteiger partial charge in [0.2, 0.25) is 0 Å². The van der Waals surface area contributed by atoms with Gasteiger partial charge in [-0.3, -0.25) is 0 Å². The van der Waals surface area contributed by atoms with Gasteiger partial charge in [-0.15, -0.1) is 0 Å². The molecule has 1 N–H and O–H groups in total. The first-order chi connectivity index (χ1) is 11.2. The van der Waals surface area contributed by atoms with Crippen molar-refractivity contribution in [2.45, 2.75) is 26.0 Å². The molecule has 5 heteroatoms. The Balaban J connectivity index is 2.04. The number of nitrogens with zero attached hydrogens (tertiary/aromatic N) is 2. The summed E-state index contributed by atoms with van der Waals surface area (Å²) in [6, 6.07) is 15.6. The van der Waals surface area contributed by atoms with Gasteiger partial charge in [-0.2, -0.15) is 10.5 Å². The summed E-state index contributed by atoms with van der Waals surface area (Å²) >= 11 is 0. The summed E-state index contributed by atoms with van der Waals surface area (Å²) in [5.41, 5.74) is 1.52. The van der Waals surface area contributed by atoms with Crippen LogP contribution in [0.4, 0.5) is 10.1 Å². The van der Waals surface area contributed by atoms with Crippen molar-refractivity contribution >= 4 is 5.69 Å². The third-order valence-electron chi connectivity index (χ3n) is 3.27. The van der Waals surface area contributed by atoms with Gasteiger partial charge in [-0.05, 0) is 42.3 Å². The van der Waals surface area contributed by atoms with Crippen molar-refractivity contribution in [1.29, 1.82) is 10.5 Å². The number of nitriles is 2.